The van der Waals surface area contributed by atoms with Gasteiger partial charge in [-0.15, -0.1) is 12.3 Å². The third-order valence-corrected chi connectivity index (χ3v) is 4.35. The molecule has 0 spiro atoms. The highest BCUT2D eigenvalue weighted by molar-refractivity contribution is 5.77. The molecular formula is C15H19N5O2. The number of amides is 1. The number of β-amino-alcohol motifs (C(OH)–C–C–N with tert-alkyl or cyclic N) is 1. The van der Waals surface area contributed by atoms with Crippen LogP contribution < -0.4 is 0 Å². The van der Waals surface area contributed by atoms with Crippen molar-refractivity contribution in [3.63, 3.8) is 0 Å². The SMILES string of the molecule is C#CCCC1(CCC(=O)N2CC(O)(c3ccnn3C)C2)N=N1. The van der Waals surface area contributed by atoms with E-state index in [0.29, 0.717) is 38.8 Å². The molecule has 22 heavy (non-hydrogen) atoms. The summed E-state index contributed by atoms with van der Waals surface area (Å²) in [5.41, 5.74) is -0.684. The molecule has 1 fully saturated rings. The molecule has 0 saturated carbocycles. The van der Waals surface area contributed by atoms with Gasteiger partial charge in [-0.2, -0.15) is 15.3 Å². The molecule has 2 aliphatic heterocycles. The Morgan fingerprint density at radius 3 is 2.73 bits per heavy atom. The Labute approximate surface area is 129 Å². The highest BCUT2D eigenvalue weighted by Gasteiger charge is 2.47. The van der Waals surface area contributed by atoms with Crippen molar-refractivity contribution >= 4 is 5.91 Å². The summed E-state index contributed by atoms with van der Waals surface area (Å²) >= 11 is 0. The first-order valence-corrected chi connectivity index (χ1v) is 7.34. The number of terminal acetylenes is 1. The summed E-state index contributed by atoms with van der Waals surface area (Å²) in [7, 11) is 1.78. The Kier molecular flexibility index (Phi) is 3.49. The van der Waals surface area contributed by atoms with Gasteiger partial charge in [-0.05, 0) is 6.07 Å². The van der Waals surface area contributed by atoms with Crippen molar-refractivity contribution in [3.05, 3.63) is 18.0 Å². The fourth-order valence-corrected chi connectivity index (χ4v) is 2.89. The van der Waals surface area contributed by atoms with Gasteiger partial charge in [-0.3, -0.25) is 9.48 Å². The number of hydrogen-bond donors (Lipinski definition) is 1. The first-order valence-electron chi connectivity index (χ1n) is 7.34. The van der Waals surface area contributed by atoms with E-state index in [2.05, 4.69) is 21.2 Å². The first-order chi connectivity index (χ1) is 10.5. The Hall–Kier alpha value is -2.20. The van der Waals surface area contributed by atoms with Crippen LogP contribution in [-0.4, -0.2) is 44.4 Å². The average Bonchev–Trinajstić information content (AvgIpc) is 3.12. The van der Waals surface area contributed by atoms with E-state index in [1.807, 2.05) is 0 Å². The van der Waals surface area contributed by atoms with Gasteiger partial charge >= 0.3 is 0 Å². The van der Waals surface area contributed by atoms with E-state index in [-0.39, 0.29) is 5.91 Å². The number of rotatable bonds is 6. The second kappa shape index (κ2) is 5.21. The molecule has 7 heteroatoms. The van der Waals surface area contributed by atoms with Gasteiger partial charge in [0, 0.05) is 38.9 Å². The lowest BCUT2D eigenvalue weighted by molar-refractivity contribution is -0.158. The Bertz CT molecular complexity index is 645. The molecule has 3 heterocycles. The molecule has 1 aromatic rings. The summed E-state index contributed by atoms with van der Waals surface area (Å²) < 4.78 is 1.64. The molecule has 1 aromatic heterocycles. The molecule has 0 bridgehead atoms. The van der Waals surface area contributed by atoms with E-state index >= 15 is 0 Å². The highest BCUT2D eigenvalue weighted by Crippen LogP contribution is 2.38. The van der Waals surface area contributed by atoms with Crippen molar-refractivity contribution in [1.82, 2.24) is 14.7 Å². The molecule has 7 nitrogen and oxygen atoms in total. The highest BCUT2D eigenvalue weighted by atomic mass is 16.3. The summed E-state index contributed by atoms with van der Waals surface area (Å²) in [4.78, 5) is 13.8. The molecule has 1 amide bonds. The molecule has 116 valence electrons. The average molecular weight is 301 g/mol. The number of aromatic nitrogens is 2. The minimum absolute atomic E-state index is 0.0178. The molecule has 1 N–H and O–H groups in total. The molecule has 0 atom stereocenters. The standard InChI is InChI=1S/C15H19N5O2/c1-3-4-7-15(17-18-15)8-5-13(21)20-10-14(22,11-20)12-6-9-16-19(12)2/h1,6,9,22H,4-5,7-8,10-11H2,2H3. The summed E-state index contributed by atoms with van der Waals surface area (Å²) in [5.74, 6) is 2.59. The predicted octanol–water partition coefficient (Wildman–Crippen LogP) is 0.806. The largest absolute Gasteiger partial charge is 0.380 e. The molecule has 0 aromatic carbocycles. The summed E-state index contributed by atoms with van der Waals surface area (Å²) in [6, 6.07) is 1.78. The van der Waals surface area contributed by atoms with Crippen molar-refractivity contribution in [2.24, 2.45) is 17.3 Å². The van der Waals surface area contributed by atoms with Crippen molar-refractivity contribution < 1.29 is 9.90 Å². The minimum atomic E-state index is -0.990. The van der Waals surface area contributed by atoms with Crippen LogP contribution in [0.15, 0.2) is 22.5 Å². The van der Waals surface area contributed by atoms with Gasteiger partial charge in [0.05, 0.1) is 18.8 Å². The lowest BCUT2D eigenvalue weighted by Crippen LogP contribution is -2.61. The van der Waals surface area contributed by atoms with Gasteiger partial charge < -0.3 is 10.0 Å². The minimum Gasteiger partial charge on any atom is -0.380 e. The molecule has 2 aliphatic rings. The summed E-state index contributed by atoms with van der Waals surface area (Å²) in [6.45, 7) is 0.605. The molecule has 0 radical (unpaired) electrons. The van der Waals surface area contributed by atoms with Crippen molar-refractivity contribution in [3.8, 4) is 12.3 Å². The third kappa shape index (κ3) is 2.62. The van der Waals surface area contributed by atoms with Crippen LogP contribution in [0.25, 0.3) is 0 Å². The van der Waals surface area contributed by atoms with Crippen molar-refractivity contribution in [2.75, 3.05) is 13.1 Å². The zero-order valence-electron chi connectivity index (χ0n) is 12.6. The maximum atomic E-state index is 12.2. The van der Waals surface area contributed by atoms with Crippen LogP contribution in [0.4, 0.5) is 0 Å². The number of aliphatic hydroxyl groups is 1. The van der Waals surface area contributed by atoms with E-state index in [1.165, 1.54) is 0 Å². The van der Waals surface area contributed by atoms with Crippen LogP contribution in [0.3, 0.4) is 0 Å². The third-order valence-electron chi connectivity index (χ3n) is 4.35. The maximum Gasteiger partial charge on any atom is 0.222 e. The maximum absolute atomic E-state index is 12.2. The first kappa shape index (κ1) is 14.7. The van der Waals surface area contributed by atoms with Gasteiger partial charge in [0.2, 0.25) is 5.91 Å². The second-order valence-electron chi connectivity index (χ2n) is 6.01. The van der Waals surface area contributed by atoms with Gasteiger partial charge in [0.15, 0.2) is 5.66 Å². The monoisotopic (exact) mass is 301 g/mol. The molecular weight excluding hydrogens is 282 g/mol. The van der Waals surface area contributed by atoms with Gasteiger partial charge in [0.25, 0.3) is 0 Å². The van der Waals surface area contributed by atoms with Crippen molar-refractivity contribution in [2.45, 2.75) is 36.9 Å². The Balaban J connectivity index is 1.48. The quantitative estimate of drug-likeness (QED) is 0.789. The number of nitrogens with zero attached hydrogens (tertiary/aromatic N) is 5. The van der Waals surface area contributed by atoms with E-state index in [9.17, 15) is 9.90 Å². The number of carbonyl (C=O) groups excluding carboxylic acids is 1. The zero-order valence-corrected chi connectivity index (χ0v) is 12.6. The van der Waals surface area contributed by atoms with Crippen LogP contribution >= 0.6 is 0 Å². The molecule has 3 rings (SSSR count). The summed E-state index contributed by atoms with van der Waals surface area (Å²) in [5, 5.41) is 22.6. The summed E-state index contributed by atoms with van der Waals surface area (Å²) in [6.07, 6.45) is 9.17. The number of carbonyl (C=O) groups is 1. The van der Waals surface area contributed by atoms with Crippen LogP contribution in [-0.2, 0) is 17.4 Å². The second-order valence-corrected chi connectivity index (χ2v) is 6.01. The lowest BCUT2D eigenvalue weighted by atomic mass is 9.89. The molecule has 0 unspecified atom stereocenters. The lowest BCUT2D eigenvalue weighted by Gasteiger charge is -2.46. The van der Waals surface area contributed by atoms with Crippen LogP contribution in [0.2, 0.25) is 0 Å². The van der Waals surface area contributed by atoms with Crippen LogP contribution in [0, 0.1) is 12.3 Å². The Morgan fingerprint density at radius 2 is 2.18 bits per heavy atom. The van der Waals surface area contributed by atoms with Crippen LogP contribution in [0.1, 0.15) is 31.4 Å². The van der Waals surface area contributed by atoms with Crippen molar-refractivity contribution in [1.29, 1.82) is 0 Å². The Morgan fingerprint density at radius 1 is 1.45 bits per heavy atom. The smallest absolute Gasteiger partial charge is 0.222 e. The van der Waals surface area contributed by atoms with E-state index in [1.54, 1.807) is 28.9 Å². The van der Waals surface area contributed by atoms with Gasteiger partial charge in [-0.25, -0.2) is 0 Å². The number of aryl methyl sites for hydroxylation is 1. The normalized spacial score (nSPS) is 20.3. The van der Waals surface area contributed by atoms with E-state index in [4.69, 9.17) is 6.42 Å². The number of likely N-dealkylation sites (tertiary alicyclic amines) is 1. The van der Waals surface area contributed by atoms with Gasteiger partial charge in [0.1, 0.15) is 5.60 Å². The molecule has 1 saturated heterocycles. The van der Waals surface area contributed by atoms with Crippen LogP contribution in [0.5, 0.6) is 0 Å². The van der Waals surface area contributed by atoms with E-state index < -0.39 is 11.3 Å². The zero-order chi connectivity index (χ0) is 15.8. The van der Waals surface area contributed by atoms with E-state index in [0.717, 1.165) is 5.69 Å². The fourth-order valence-electron chi connectivity index (χ4n) is 2.89. The fraction of sp³-hybridized carbons (Fsp3) is 0.600. The molecule has 0 aliphatic carbocycles. The topological polar surface area (TPSA) is 83.1 Å². The predicted molar refractivity (Wildman–Crippen MR) is 78.6 cm³/mol. The number of hydrogen-bond acceptors (Lipinski definition) is 5. The van der Waals surface area contributed by atoms with Gasteiger partial charge in [-0.1, -0.05) is 0 Å².